The van der Waals surface area contributed by atoms with Gasteiger partial charge in [-0.3, -0.25) is 4.98 Å². The molecule has 3 nitrogen and oxygen atoms in total. The number of nitrogens with zero attached hydrogens (tertiary/aromatic N) is 1. The van der Waals surface area contributed by atoms with E-state index < -0.39 is 0 Å². The van der Waals surface area contributed by atoms with Crippen LogP contribution in [0.2, 0.25) is 0 Å². The maximum atomic E-state index is 6.28. The van der Waals surface area contributed by atoms with Crippen LogP contribution in [-0.2, 0) is 4.74 Å². The number of aryl methyl sites for hydroxylation is 1. The lowest BCUT2D eigenvalue weighted by molar-refractivity contribution is -0.0913. The number of hydrogen-bond acceptors (Lipinski definition) is 3. The molecule has 0 aromatic carbocycles. The Balaban J connectivity index is 2.27. The van der Waals surface area contributed by atoms with Gasteiger partial charge in [-0.1, -0.05) is 0 Å². The zero-order valence-electron chi connectivity index (χ0n) is 9.36. The van der Waals surface area contributed by atoms with Gasteiger partial charge >= 0.3 is 0 Å². The van der Waals surface area contributed by atoms with Crippen LogP contribution in [0.5, 0.6) is 0 Å². The predicted octanol–water partition coefficient (Wildman–Crippen LogP) is 1.96. The summed E-state index contributed by atoms with van der Waals surface area (Å²) in [4.78, 5) is 4.14. The van der Waals surface area contributed by atoms with Crippen molar-refractivity contribution in [3.63, 3.8) is 0 Å². The smallest absolute Gasteiger partial charge is 0.0871 e. The van der Waals surface area contributed by atoms with Crippen LogP contribution in [-0.4, -0.2) is 17.7 Å². The van der Waals surface area contributed by atoms with Gasteiger partial charge in [0.1, 0.15) is 0 Å². The van der Waals surface area contributed by atoms with Gasteiger partial charge in [0.2, 0.25) is 0 Å². The minimum absolute atomic E-state index is 0.0510. The molecule has 3 heteroatoms. The average Bonchev–Trinajstić information content (AvgIpc) is 2.17. The normalized spacial score (nSPS) is 20.7. The van der Waals surface area contributed by atoms with E-state index in [-0.39, 0.29) is 11.6 Å². The summed E-state index contributed by atoms with van der Waals surface area (Å²) < 4.78 is 5.59. The topological polar surface area (TPSA) is 48.1 Å². The zero-order chi connectivity index (χ0) is 10.9. The van der Waals surface area contributed by atoms with Crippen molar-refractivity contribution in [2.24, 2.45) is 5.73 Å². The Kier molecular flexibility index (Phi) is 2.76. The van der Waals surface area contributed by atoms with E-state index in [9.17, 15) is 0 Å². The molecule has 0 bridgehead atoms. The van der Waals surface area contributed by atoms with Crippen LogP contribution < -0.4 is 5.73 Å². The molecule has 1 heterocycles. The highest BCUT2D eigenvalue weighted by atomic mass is 16.5. The predicted molar refractivity (Wildman–Crippen MR) is 59.5 cm³/mol. The first-order chi connectivity index (χ1) is 7.19. The summed E-state index contributed by atoms with van der Waals surface area (Å²) in [5.41, 5.74) is 8.44. The number of nitrogens with two attached hydrogens (primary N) is 1. The van der Waals surface area contributed by atoms with E-state index in [1.54, 1.807) is 13.3 Å². The minimum atomic E-state index is -0.145. The van der Waals surface area contributed by atoms with Crippen LogP contribution in [0, 0.1) is 6.92 Å². The molecule has 0 aliphatic heterocycles. The average molecular weight is 206 g/mol. The van der Waals surface area contributed by atoms with Crippen molar-refractivity contribution in [2.75, 3.05) is 7.11 Å². The van der Waals surface area contributed by atoms with Crippen molar-refractivity contribution < 1.29 is 4.74 Å². The fraction of sp³-hybridized carbons (Fsp3) is 0.583. The number of aromatic nitrogens is 1. The van der Waals surface area contributed by atoms with Crippen molar-refractivity contribution in [1.82, 2.24) is 4.98 Å². The lowest BCUT2D eigenvalue weighted by Crippen LogP contribution is -2.48. The fourth-order valence-electron chi connectivity index (χ4n) is 2.25. The Hall–Kier alpha value is -0.930. The van der Waals surface area contributed by atoms with Gasteiger partial charge in [-0.25, -0.2) is 0 Å². The Morgan fingerprint density at radius 1 is 1.53 bits per heavy atom. The van der Waals surface area contributed by atoms with Crippen LogP contribution in [0.3, 0.4) is 0 Å². The number of methoxy groups -OCH3 is 1. The quantitative estimate of drug-likeness (QED) is 0.822. The molecule has 0 saturated heterocycles. The molecule has 1 fully saturated rings. The minimum Gasteiger partial charge on any atom is -0.376 e. The molecule has 15 heavy (non-hydrogen) atoms. The SMILES string of the molecule is COC1(C(N)c2cnccc2C)CCC1. The molecule has 1 aromatic heterocycles. The van der Waals surface area contributed by atoms with E-state index >= 15 is 0 Å². The Labute approximate surface area is 90.7 Å². The lowest BCUT2D eigenvalue weighted by atomic mass is 9.72. The number of ether oxygens (including phenoxy) is 1. The lowest BCUT2D eigenvalue weighted by Gasteiger charge is -2.45. The molecular weight excluding hydrogens is 188 g/mol. The standard InChI is InChI=1S/C12H18N2O/c1-9-4-7-14-8-10(9)11(13)12(15-2)5-3-6-12/h4,7-8,11H,3,5-6,13H2,1-2H3. The highest BCUT2D eigenvalue weighted by Crippen LogP contribution is 2.43. The van der Waals surface area contributed by atoms with E-state index in [0.29, 0.717) is 0 Å². The number of hydrogen-bond donors (Lipinski definition) is 1. The number of rotatable bonds is 3. The Morgan fingerprint density at radius 2 is 2.27 bits per heavy atom. The van der Waals surface area contributed by atoms with E-state index in [1.807, 2.05) is 12.3 Å². The second kappa shape index (κ2) is 3.91. The van der Waals surface area contributed by atoms with Crippen molar-refractivity contribution in [1.29, 1.82) is 0 Å². The summed E-state index contributed by atoms with van der Waals surface area (Å²) in [6, 6.07) is 1.95. The molecule has 1 aromatic rings. The summed E-state index contributed by atoms with van der Waals surface area (Å²) in [5.74, 6) is 0. The molecule has 1 unspecified atom stereocenters. The van der Waals surface area contributed by atoms with Crippen LogP contribution in [0.4, 0.5) is 0 Å². The molecular formula is C12H18N2O. The third-order valence-corrected chi connectivity index (χ3v) is 3.59. The summed E-state index contributed by atoms with van der Waals surface area (Å²) in [5, 5.41) is 0. The largest absolute Gasteiger partial charge is 0.376 e. The number of pyridine rings is 1. The highest BCUT2D eigenvalue weighted by Gasteiger charge is 2.43. The van der Waals surface area contributed by atoms with Gasteiger partial charge in [0.15, 0.2) is 0 Å². The molecule has 1 saturated carbocycles. The first kappa shape index (κ1) is 10.6. The maximum absolute atomic E-state index is 6.28. The first-order valence-electron chi connectivity index (χ1n) is 5.41. The highest BCUT2D eigenvalue weighted by molar-refractivity contribution is 5.28. The second-order valence-electron chi connectivity index (χ2n) is 4.33. The second-order valence-corrected chi connectivity index (χ2v) is 4.33. The van der Waals surface area contributed by atoms with Crippen LogP contribution >= 0.6 is 0 Å². The van der Waals surface area contributed by atoms with Gasteiger partial charge in [-0.2, -0.15) is 0 Å². The van der Waals surface area contributed by atoms with Crippen molar-refractivity contribution in [3.8, 4) is 0 Å². The van der Waals surface area contributed by atoms with Gasteiger partial charge in [-0.15, -0.1) is 0 Å². The molecule has 1 atom stereocenters. The molecule has 2 rings (SSSR count). The van der Waals surface area contributed by atoms with E-state index in [2.05, 4.69) is 11.9 Å². The molecule has 2 N–H and O–H groups in total. The molecule has 0 amide bonds. The van der Waals surface area contributed by atoms with E-state index in [1.165, 1.54) is 12.0 Å². The van der Waals surface area contributed by atoms with Crippen LogP contribution in [0.25, 0.3) is 0 Å². The van der Waals surface area contributed by atoms with E-state index in [4.69, 9.17) is 10.5 Å². The van der Waals surface area contributed by atoms with Crippen molar-refractivity contribution in [3.05, 3.63) is 29.6 Å². The summed E-state index contributed by atoms with van der Waals surface area (Å²) in [6.07, 6.45) is 6.98. The summed E-state index contributed by atoms with van der Waals surface area (Å²) in [6.45, 7) is 2.07. The summed E-state index contributed by atoms with van der Waals surface area (Å²) >= 11 is 0. The van der Waals surface area contributed by atoms with Crippen LogP contribution in [0.1, 0.15) is 36.4 Å². The zero-order valence-corrected chi connectivity index (χ0v) is 9.36. The van der Waals surface area contributed by atoms with Crippen LogP contribution in [0.15, 0.2) is 18.5 Å². The summed E-state index contributed by atoms with van der Waals surface area (Å²) in [7, 11) is 1.75. The molecule has 0 spiro atoms. The first-order valence-corrected chi connectivity index (χ1v) is 5.41. The van der Waals surface area contributed by atoms with Gasteiger partial charge in [0.25, 0.3) is 0 Å². The fourth-order valence-corrected chi connectivity index (χ4v) is 2.25. The molecule has 82 valence electrons. The molecule has 1 aliphatic carbocycles. The monoisotopic (exact) mass is 206 g/mol. The molecule has 1 aliphatic rings. The third-order valence-electron chi connectivity index (χ3n) is 3.59. The van der Waals surface area contributed by atoms with Gasteiger partial charge in [0, 0.05) is 19.5 Å². The molecule has 0 radical (unpaired) electrons. The van der Waals surface area contributed by atoms with E-state index in [0.717, 1.165) is 18.4 Å². The van der Waals surface area contributed by atoms with Gasteiger partial charge in [0.05, 0.1) is 11.6 Å². The van der Waals surface area contributed by atoms with Gasteiger partial charge in [-0.05, 0) is 43.4 Å². The Bertz CT molecular complexity index is 342. The third kappa shape index (κ3) is 1.66. The van der Waals surface area contributed by atoms with Gasteiger partial charge < -0.3 is 10.5 Å². The van der Waals surface area contributed by atoms with Crippen molar-refractivity contribution in [2.45, 2.75) is 37.8 Å². The maximum Gasteiger partial charge on any atom is 0.0871 e. The van der Waals surface area contributed by atoms with Crippen molar-refractivity contribution >= 4 is 0 Å². The Morgan fingerprint density at radius 3 is 2.73 bits per heavy atom.